The molecule has 1 N–H and O–H groups in total. The molecule has 0 aromatic carbocycles. The van der Waals surface area contributed by atoms with Gasteiger partial charge in [-0.3, -0.25) is 20.1 Å². The van der Waals surface area contributed by atoms with Crippen LogP contribution in [-0.2, 0) is 16.0 Å². The van der Waals surface area contributed by atoms with Crippen molar-refractivity contribution in [3.63, 3.8) is 0 Å². The second-order valence-electron chi connectivity index (χ2n) is 8.56. The highest BCUT2D eigenvalue weighted by molar-refractivity contribution is 7.11. The topological polar surface area (TPSA) is 89.9 Å². The monoisotopic (exact) mass is 443 g/mol. The van der Waals surface area contributed by atoms with Crippen LogP contribution in [0.1, 0.15) is 59.7 Å². The van der Waals surface area contributed by atoms with Gasteiger partial charge in [-0.1, -0.05) is 0 Å². The van der Waals surface area contributed by atoms with Crippen molar-refractivity contribution in [2.24, 2.45) is 0 Å². The zero-order valence-corrected chi connectivity index (χ0v) is 19.1. The van der Waals surface area contributed by atoms with E-state index in [1.54, 1.807) is 47.5 Å². The number of carbonyl (C=O) groups is 1. The number of thiazole rings is 2. The molecule has 3 aromatic rings. The Labute approximate surface area is 184 Å². The van der Waals surface area contributed by atoms with Gasteiger partial charge >= 0.3 is 5.97 Å². The van der Waals surface area contributed by atoms with Crippen LogP contribution in [0.5, 0.6) is 0 Å². The summed E-state index contributed by atoms with van der Waals surface area (Å²) in [7, 11) is 0. The van der Waals surface area contributed by atoms with Crippen molar-refractivity contribution in [2.75, 3.05) is 0 Å². The predicted octanol–water partition coefficient (Wildman–Crippen LogP) is 3.84. The molecule has 0 bridgehead atoms. The number of nitrogens with zero attached hydrogens (tertiary/aromatic N) is 4. The van der Waals surface area contributed by atoms with Gasteiger partial charge in [0.1, 0.15) is 16.1 Å². The number of rotatable bonds is 5. The number of aryl methyl sites for hydroxylation is 1. The van der Waals surface area contributed by atoms with Crippen molar-refractivity contribution in [2.45, 2.75) is 63.6 Å². The molecule has 1 saturated heterocycles. The van der Waals surface area contributed by atoms with Gasteiger partial charge in [0.05, 0.1) is 16.7 Å². The molecule has 0 spiro atoms. The minimum atomic E-state index is -0.919. The van der Waals surface area contributed by atoms with Gasteiger partial charge in [-0.15, -0.1) is 22.7 Å². The molecule has 30 heavy (non-hydrogen) atoms. The smallest absolute Gasteiger partial charge is 0.327 e. The lowest BCUT2D eigenvalue weighted by atomic mass is 9.87. The summed E-state index contributed by atoms with van der Waals surface area (Å²) in [5.74, 6) is -0.327. The summed E-state index contributed by atoms with van der Waals surface area (Å²) in [5.41, 5.74) is -0.670. The van der Waals surface area contributed by atoms with Gasteiger partial charge in [0.15, 0.2) is 0 Å². The van der Waals surface area contributed by atoms with E-state index in [4.69, 9.17) is 4.74 Å². The van der Waals surface area contributed by atoms with E-state index in [9.17, 15) is 4.79 Å². The van der Waals surface area contributed by atoms with Crippen LogP contribution in [-0.4, -0.2) is 37.0 Å². The van der Waals surface area contributed by atoms with Crippen LogP contribution in [0.25, 0.3) is 0 Å². The summed E-state index contributed by atoms with van der Waals surface area (Å²) in [5, 5.41) is 7.37. The van der Waals surface area contributed by atoms with Gasteiger partial charge in [0.25, 0.3) is 0 Å². The highest BCUT2D eigenvalue weighted by atomic mass is 32.1. The van der Waals surface area contributed by atoms with Gasteiger partial charge in [-0.05, 0) is 34.1 Å². The van der Waals surface area contributed by atoms with Gasteiger partial charge in [0, 0.05) is 53.6 Å². The molecule has 0 unspecified atom stereocenters. The summed E-state index contributed by atoms with van der Waals surface area (Å²) < 4.78 is 5.87. The Morgan fingerprint density at radius 1 is 1.23 bits per heavy atom. The van der Waals surface area contributed by atoms with Gasteiger partial charge in [-0.2, -0.15) is 0 Å². The van der Waals surface area contributed by atoms with Crippen LogP contribution in [0.15, 0.2) is 36.4 Å². The summed E-state index contributed by atoms with van der Waals surface area (Å²) in [6.45, 7) is 7.69. The molecule has 3 aromatic heterocycles. The first-order valence-corrected chi connectivity index (χ1v) is 11.5. The van der Waals surface area contributed by atoms with E-state index in [0.717, 1.165) is 20.6 Å². The van der Waals surface area contributed by atoms with E-state index in [1.807, 2.05) is 39.3 Å². The Hall–Kier alpha value is -2.23. The molecule has 3 atom stereocenters. The third-order valence-electron chi connectivity index (χ3n) is 5.00. The molecule has 7 nitrogen and oxygen atoms in total. The molecule has 158 valence electrons. The Bertz CT molecular complexity index is 1000. The van der Waals surface area contributed by atoms with E-state index < -0.39 is 11.1 Å². The van der Waals surface area contributed by atoms with Gasteiger partial charge in [-0.25, -0.2) is 9.97 Å². The summed E-state index contributed by atoms with van der Waals surface area (Å²) >= 11 is 3.17. The standard InChI is InChI=1S/C21H25N5O2S2/c1-13-11-25-18(30-13)17-14(15-12-22-5-6-23-15)9-21(26-17,10-16-24-7-8-29-16)19(27)28-20(2,3)4/h5-8,11-12,14,17,26H,9-10H2,1-4H3/t14-,17-,21-/m1/s1. The van der Waals surface area contributed by atoms with E-state index >= 15 is 0 Å². The number of carbonyl (C=O) groups excluding carboxylic acids is 1. The maximum atomic E-state index is 13.5. The van der Waals surface area contributed by atoms with Crippen LogP contribution < -0.4 is 5.32 Å². The first-order valence-electron chi connectivity index (χ1n) is 9.83. The zero-order valence-electron chi connectivity index (χ0n) is 17.5. The van der Waals surface area contributed by atoms with Crippen molar-refractivity contribution in [1.29, 1.82) is 0 Å². The lowest BCUT2D eigenvalue weighted by Crippen LogP contribution is -2.52. The number of hydrogen-bond acceptors (Lipinski definition) is 9. The lowest BCUT2D eigenvalue weighted by Gasteiger charge is -2.31. The molecule has 0 saturated carbocycles. The van der Waals surface area contributed by atoms with E-state index in [0.29, 0.717) is 12.8 Å². The third-order valence-corrected chi connectivity index (χ3v) is 6.77. The third kappa shape index (κ3) is 4.43. The zero-order chi connectivity index (χ0) is 21.4. The van der Waals surface area contributed by atoms with Crippen LogP contribution in [0, 0.1) is 6.92 Å². The highest BCUT2D eigenvalue weighted by Gasteiger charge is 2.54. The summed E-state index contributed by atoms with van der Waals surface area (Å²) in [4.78, 5) is 32.5. The molecule has 4 rings (SSSR count). The molecular weight excluding hydrogens is 418 g/mol. The predicted molar refractivity (Wildman–Crippen MR) is 117 cm³/mol. The van der Waals surface area contributed by atoms with Crippen molar-refractivity contribution in [3.05, 3.63) is 57.0 Å². The molecule has 4 heterocycles. The molecule has 1 aliphatic rings. The Morgan fingerprint density at radius 2 is 2.07 bits per heavy atom. The largest absolute Gasteiger partial charge is 0.459 e. The fourth-order valence-electron chi connectivity index (χ4n) is 3.79. The summed E-state index contributed by atoms with van der Waals surface area (Å²) in [6.07, 6.45) is 9.73. The highest BCUT2D eigenvalue weighted by Crippen LogP contribution is 2.46. The maximum absolute atomic E-state index is 13.5. The maximum Gasteiger partial charge on any atom is 0.327 e. The van der Waals surface area contributed by atoms with Crippen molar-refractivity contribution < 1.29 is 9.53 Å². The van der Waals surface area contributed by atoms with E-state index in [-0.39, 0.29) is 17.9 Å². The van der Waals surface area contributed by atoms with E-state index in [2.05, 4.69) is 25.3 Å². The first kappa shape index (κ1) is 21.0. The first-order chi connectivity index (χ1) is 14.3. The number of nitrogens with one attached hydrogen (secondary N) is 1. The quantitative estimate of drug-likeness (QED) is 0.599. The minimum Gasteiger partial charge on any atom is -0.459 e. The SMILES string of the molecule is Cc1cnc([C@@H]2N[C@](Cc3nccs3)(C(=O)OC(C)(C)C)C[C@@H]2c2cnccn2)s1. The van der Waals surface area contributed by atoms with Crippen LogP contribution in [0.3, 0.4) is 0 Å². The summed E-state index contributed by atoms with van der Waals surface area (Å²) in [6, 6.07) is -0.159. The van der Waals surface area contributed by atoms with Crippen molar-refractivity contribution in [1.82, 2.24) is 25.3 Å². The molecule has 1 aliphatic heterocycles. The fraction of sp³-hybridized carbons (Fsp3) is 0.476. The average molecular weight is 444 g/mol. The Morgan fingerprint density at radius 3 is 2.67 bits per heavy atom. The number of aromatic nitrogens is 4. The van der Waals surface area contributed by atoms with Gasteiger partial charge in [0.2, 0.25) is 0 Å². The van der Waals surface area contributed by atoms with Crippen molar-refractivity contribution >= 4 is 28.6 Å². The average Bonchev–Trinajstić information content (AvgIpc) is 3.42. The molecule has 1 fully saturated rings. The Kier molecular flexibility index (Phi) is 5.69. The van der Waals surface area contributed by atoms with Crippen LogP contribution >= 0.6 is 22.7 Å². The second kappa shape index (κ2) is 8.13. The molecular formula is C21H25N5O2S2. The van der Waals surface area contributed by atoms with Crippen LogP contribution in [0.4, 0.5) is 0 Å². The number of esters is 1. The normalized spacial score (nSPS) is 24.1. The Balaban J connectivity index is 1.76. The molecule has 0 radical (unpaired) electrons. The minimum absolute atomic E-state index is 0.0586. The molecule has 0 amide bonds. The molecule has 0 aliphatic carbocycles. The lowest BCUT2D eigenvalue weighted by molar-refractivity contribution is -0.162. The number of hydrogen-bond donors (Lipinski definition) is 1. The number of ether oxygens (including phenoxy) is 1. The fourth-order valence-corrected chi connectivity index (χ4v) is 5.41. The van der Waals surface area contributed by atoms with Crippen molar-refractivity contribution in [3.8, 4) is 0 Å². The molecule has 9 heteroatoms. The van der Waals surface area contributed by atoms with E-state index in [1.165, 1.54) is 0 Å². The second-order valence-corrected chi connectivity index (χ2v) is 10.8. The van der Waals surface area contributed by atoms with Gasteiger partial charge < -0.3 is 4.74 Å². The van der Waals surface area contributed by atoms with Crippen LogP contribution in [0.2, 0.25) is 0 Å².